The molecule has 2 aromatic rings. The Labute approximate surface area is 237 Å². The molecule has 2 aliphatic heterocycles. The molecule has 0 saturated carbocycles. The maximum absolute atomic E-state index is 14.1. The fourth-order valence-electron chi connectivity index (χ4n) is 7.32. The summed E-state index contributed by atoms with van der Waals surface area (Å²) in [5.74, 6) is -2.82. The standard InChI is InChI=1S/C33H30N2O6/c1-18-16-27(37)30-26(31(18)38)17-25-23(28(30)19-2-8-22(36)9-3-19)10-11-24-29(25)33(40)35(32(24)39)21-6-4-20(5-7-21)34-12-14-41-15-13-34/h2-10,16,24-25,28-29,36H,11-15,17H2,1H3/t24-,25?,28?,29-/m0/s1. The van der Waals surface area contributed by atoms with Gasteiger partial charge in [0.2, 0.25) is 11.8 Å². The second-order valence-electron chi connectivity index (χ2n) is 11.4. The molecule has 2 unspecified atom stereocenters. The lowest BCUT2D eigenvalue weighted by molar-refractivity contribution is -0.123. The Morgan fingerprint density at radius 1 is 0.854 bits per heavy atom. The van der Waals surface area contributed by atoms with Gasteiger partial charge in [-0.05, 0) is 73.7 Å². The third kappa shape index (κ3) is 4.00. The minimum absolute atomic E-state index is 0.0987. The number of hydrogen-bond donors (Lipinski definition) is 1. The average Bonchev–Trinajstić information content (AvgIpc) is 3.25. The largest absolute Gasteiger partial charge is 0.508 e. The number of phenols is 1. The van der Waals surface area contributed by atoms with E-state index in [0.717, 1.165) is 29.9 Å². The number of Topliss-reactive ketones (excluding diaryl/α,β-unsaturated/α-hetero) is 1. The van der Waals surface area contributed by atoms with E-state index >= 15 is 0 Å². The number of carbonyl (C=O) groups excluding carboxylic acids is 4. The van der Waals surface area contributed by atoms with E-state index < -0.39 is 17.8 Å². The summed E-state index contributed by atoms with van der Waals surface area (Å²) in [7, 11) is 0. The first-order valence-corrected chi connectivity index (χ1v) is 14.1. The topological polar surface area (TPSA) is 104 Å². The molecule has 2 heterocycles. The monoisotopic (exact) mass is 550 g/mol. The highest BCUT2D eigenvalue weighted by atomic mass is 16.5. The van der Waals surface area contributed by atoms with E-state index in [0.29, 0.717) is 42.0 Å². The van der Waals surface area contributed by atoms with Crippen LogP contribution in [0.4, 0.5) is 11.4 Å². The molecule has 2 amide bonds. The van der Waals surface area contributed by atoms with Crippen LogP contribution in [0.5, 0.6) is 5.75 Å². The maximum atomic E-state index is 14.1. The van der Waals surface area contributed by atoms with Crippen LogP contribution in [0.25, 0.3) is 0 Å². The zero-order valence-electron chi connectivity index (χ0n) is 22.7. The van der Waals surface area contributed by atoms with Crippen molar-refractivity contribution < 1.29 is 29.0 Å². The summed E-state index contributed by atoms with van der Waals surface area (Å²) in [6, 6.07) is 14.2. The lowest BCUT2D eigenvalue weighted by Crippen LogP contribution is -2.39. The van der Waals surface area contributed by atoms with Crippen molar-refractivity contribution in [1.29, 1.82) is 0 Å². The quantitative estimate of drug-likeness (QED) is 0.352. The normalized spacial score (nSPS) is 27.8. The van der Waals surface area contributed by atoms with Crippen LogP contribution >= 0.6 is 0 Å². The maximum Gasteiger partial charge on any atom is 0.238 e. The number of carbonyl (C=O) groups is 4. The van der Waals surface area contributed by atoms with Crippen molar-refractivity contribution in [2.24, 2.45) is 17.8 Å². The number of ketones is 2. The first kappa shape index (κ1) is 25.7. The van der Waals surface area contributed by atoms with E-state index in [1.165, 1.54) is 11.0 Å². The summed E-state index contributed by atoms with van der Waals surface area (Å²) in [5.41, 5.74) is 4.49. The van der Waals surface area contributed by atoms with Crippen LogP contribution < -0.4 is 9.80 Å². The van der Waals surface area contributed by atoms with Crippen LogP contribution in [-0.2, 0) is 23.9 Å². The molecule has 2 aromatic carbocycles. The highest BCUT2D eigenvalue weighted by Gasteiger charge is 2.56. The smallest absolute Gasteiger partial charge is 0.238 e. The Morgan fingerprint density at radius 3 is 2.24 bits per heavy atom. The number of nitrogens with zero attached hydrogens (tertiary/aromatic N) is 2. The molecule has 8 heteroatoms. The second-order valence-corrected chi connectivity index (χ2v) is 11.4. The molecule has 5 aliphatic rings. The van der Waals surface area contributed by atoms with Crippen molar-refractivity contribution in [3.63, 3.8) is 0 Å². The predicted octanol–water partition coefficient (Wildman–Crippen LogP) is 3.86. The number of ether oxygens (including phenoxy) is 1. The molecule has 2 saturated heterocycles. The number of morpholine rings is 1. The minimum atomic E-state index is -0.621. The third-order valence-corrected chi connectivity index (χ3v) is 9.27. The van der Waals surface area contributed by atoms with Crippen molar-refractivity contribution in [3.05, 3.63) is 88.5 Å². The number of benzene rings is 2. The Hall–Kier alpha value is -4.30. The SMILES string of the molecule is CC1=CC(=O)C2=C(CC3C(=CC[C@@H]4C(=O)N(c5ccc(N6CCOCC6)cc5)C(=O)[C@H]34)C2c2ccc(O)cc2)C1=O. The average molecular weight is 551 g/mol. The Kier molecular flexibility index (Phi) is 6.05. The van der Waals surface area contributed by atoms with Gasteiger partial charge in [-0.2, -0.15) is 0 Å². The summed E-state index contributed by atoms with van der Waals surface area (Å²) < 4.78 is 5.44. The van der Waals surface area contributed by atoms with E-state index in [1.54, 1.807) is 31.2 Å². The molecular formula is C33H30N2O6. The highest BCUT2D eigenvalue weighted by molar-refractivity contribution is 6.25. The number of rotatable bonds is 3. The van der Waals surface area contributed by atoms with E-state index in [1.807, 2.05) is 30.3 Å². The van der Waals surface area contributed by atoms with Crippen LogP contribution in [0, 0.1) is 17.8 Å². The van der Waals surface area contributed by atoms with Gasteiger partial charge in [0.1, 0.15) is 5.75 Å². The summed E-state index contributed by atoms with van der Waals surface area (Å²) in [5, 5.41) is 9.91. The number of anilines is 2. The van der Waals surface area contributed by atoms with Gasteiger partial charge >= 0.3 is 0 Å². The number of aromatic hydroxyl groups is 1. The van der Waals surface area contributed by atoms with Crippen molar-refractivity contribution >= 4 is 34.8 Å². The molecule has 0 radical (unpaired) electrons. The van der Waals surface area contributed by atoms with Crippen LogP contribution in [0.15, 0.2) is 83.0 Å². The second kappa shape index (κ2) is 9.66. The van der Waals surface area contributed by atoms with Crippen molar-refractivity contribution in [2.75, 3.05) is 36.1 Å². The predicted molar refractivity (Wildman–Crippen MR) is 151 cm³/mol. The Balaban J connectivity index is 1.26. The number of fused-ring (bicyclic) bond motifs is 3. The first-order valence-electron chi connectivity index (χ1n) is 14.1. The van der Waals surface area contributed by atoms with E-state index in [9.17, 15) is 24.3 Å². The van der Waals surface area contributed by atoms with Gasteiger partial charge < -0.3 is 14.7 Å². The summed E-state index contributed by atoms with van der Waals surface area (Å²) in [6.07, 6.45) is 4.03. The molecule has 8 nitrogen and oxygen atoms in total. The van der Waals surface area contributed by atoms with Crippen molar-refractivity contribution in [1.82, 2.24) is 0 Å². The van der Waals surface area contributed by atoms with Crippen LogP contribution in [0.2, 0.25) is 0 Å². The highest BCUT2D eigenvalue weighted by Crippen LogP contribution is 2.55. The lowest BCUT2D eigenvalue weighted by Gasteiger charge is -2.42. The number of imide groups is 1. The number of amides is 2. The molecule has 0 bridgehead atoms. The van der Waals surface area contributed by atoms with E-state index in [4.69, 9.17) is 4.74 Å². The Bertz CT molecular complexity index is 1580. The summed E-state index contributed by atoms with van der Waals surface area (Å²) in [4.78, 5) is 58.1. The molecule has 0 spiro atoms. The summed E-state index contributed by atoms with van der Waals surface area (Å²) in [6.45, 7) is 4.55. The number of allylic oxidation sites excluding steroid dienone is 6. The van der Waals surface area contributed by atoms with Crippen molar-refractivity contribution in [2.45, 2.75) is 25.7 Å². The zero-order valence-corrected chi connectivity index (χ0v) is 22.7. The van der Waals surface area contributed by atoms with Gasteiger partial charge in [-0.3, -0.25) is 24.1 Å². The van der Waals surface area contributed by atoms with Gasteiger partial charge in [0.25, 0.3) is 0 Å². The van der Waals surface area contributed by atoms with Crippen molar-refractivity contribution in [3.8, 4) is 5.75 Å². The fraction of sp³-hybridized carbons (Fsp3) is 0.333. The Morgan fingerprint density at radius 2 is 1.54 bits per heavy atom. The van der Waals surface area contributed by atoms with Crippen LogP contribution in [0.3, 0.4) is 0 Å². The number of hydrogen-bond acceptors (Lipinski definition) is 7. The van der Waals surface area contributed by atoms with Gasteiger partial charge in [-0.15, -0.1) is 0 Å². The number of phenolic OH excluding ortho intramolecular Hbond substituents is 1. The molecular weight excluding hydrogens is 520 g/mol. The lowest BCUT2D eigenvalue weighted by atomic mass is 9.59. The zero-order chi connectivity index (χ0) is 28.4. The van der Waals surface area contributed by atoms with Gasteiger partial charge in [0, 0.05) is 41.4 Å². The minimum Gasteiger partial charge on any atom is -0.508 e. The molecule has 1 N–H and O–H groups in total. The van der Waals surface area contributed by atoms with Crippen LogP contribution in [0.1, 0.15) is 31.2 Å². The van der Waals surface area contributed by atoms with E-state index in [2.05, 4.69) is 4.90 Å². The molecule has 7 rings (SSSR count). The summed E-state index contributed by atoms with van der Waals surface area (Å²) >= 11 is 0. The molecule has 4 atom stereocenters. The molecule has 0 aromatic heterocycles. The fourth-order valence-corrected chi connectivity index (χ4v) is 7.32. The first-order chi connectivity index (χ1) is 19.8. The van der Waals surface area contributed by atoms with Gasteiger partial charge in [-0.25, -0.2) is 0 Å². The molecule has 41 heavy (non-hydrogen) atoms. The van der Waals surface area contributed by atoms with Crippen LogP contribution in [-0.4, -0.2) is 54.8 Å². The molecule has 208 valence electrons. The molecule has 3 aliphatic carbocycles. The van der Waals surface area contributed by atoms with E-state index in [-0.39, 0.29) is 41.5 Å². The molecule has 2 fully saturated rings. The van der Waals surface area contributed by atoms with Gasteiger partial charge in [0.15, 0.2) is 11.6 Å². The van der Waals surface area contributed by atoms with Gasteiger partial charge in [0.05, 0.1) is 30.7 Å². The third-order valence-electron chi connectivity index (χ3n) is 9.27. The van der Waals surface area contributed by atoms with Gasteiger partial charge in [-0.1, -0.05) is 23.8 Å².